The van der Waals surface area contributed by atoms with E-state index >= 15 is 0 Å². The second-order valence-corrected chi connectivity index (χ2v) is 6.61. The highest BCUT2D eigenvalue weighted by atomic mass is 127. The van der Waals surface area contributed by atoms with Gasteiger partial charge in [0, 0.05) is 28.2 Å². The lowest BCUT2D eigenvalue weighted by molar-refractivity contribution is 0.0526. The first-order valence-corrected chi connectivity index (χ1v) is 8.17. The van der Waals surface area contributed by atoms with Crippen LogP contribution in [0.5, 0.6) is 0 Å². The molecule has 0 spiro atoms. The van der Waals surface area contributed by atoms with Gasteiger partial charge in [0.15, 0.2) is 0 Å². The standard InChI is InChI=1S/C16H17IN2O2/c1-3-21-16(20)12-4-11-5-13(17)15(6-14(11)18-7-12)19-8-10(2)9-19/h4-7,10H,3,8-9H2,1-2H3. The van der Waals surface area contributed by atoms with E-state index in [1.165, 1.54) is 9.26 Å². The average molecular weight is 396 g/mol. The van der Waals surface area contributed by atoms with Gasteiger partial charge in [0.1, 0.15) is 0 Å². The second kappa shape index (κ2) is 5.79. The van der Waals surface area contributed by atoms with Gasteiger partial charge in [-0.05, 0) is 53.6 Å². The van der Waals surface area contributed by atoms with Gasteiger partial charge in [0.25, 0.3) is 0 Å². The van der Waals surface area contributed by atoms with Crippen molar-refractivity contribution in [1.82, 2.24) is 4.98 Å². The first-order valence-electron chi connectivity index (χ1n) is 7.10. The van der Waals surface area contributed by atoms with Gasteiger partial charge in [-0.15, -0.1) is 0 Å². The Kier molecular flexibility index (Phi) is 4.01. The molecular formula is C16H17IN2O2. The van der Waals surface area contributed by atoms with E-state index in [4.69, 9.17) is 4.74 Å². The number of pyridine rings is 1. The van der Waals surface area contributed by atoms with Crippen molar-refractivity contribution in [2.45, 2.75) is 13.8 Å². The van der Waals surface area contributed by atoms with Crippen molar-refractivity contribution in [3.63, 3.8) is 0 Å². The smallest absolute Gasteiger partial charge is 0.339 e. The number of ether oxygens (including phenoxy) is 1. The predicted molar refractivity (Wildman–Crippen MR) is 91.8 cm³/mol. The molecular weight excluding hydrogens is 379 g/mol. The van der Waals surface area contributed by atoms with Gasteiger partial charge in [-0.3, -0.25) is 4.98 Å². The van der Waals surface area contributed by atoms with E-state index in [9.17, 15) is 4.79 Å². The number of hydrogen-bond donors (Lipinski definition) is 0. The fourth-order valence-electron chi connectivity index (χ4n) is 2.60. The zero-order valence-corrected chi connectivity index (χ0v) is 14.3. The van der Waals surface area contributed by atoms with Crippen molar-refractivity contribution in [3.8, 4) is 0 Å². The number of aromatic nitrogens is 1. The Morgan fingerprint density at radius 3 is 2.86 bits per heavy atom. The number of hydrogen-bond acceptors (Lipinski definition) is 4. The molecule has 1 aromatic heterocycles. The lowest BCUT2D eigenvalue weighted by Crippen LogP contribution is -2.45. The zero-order valence-electron chi connectivity index (χ0n) is 12.1. The van der Waals surface area contributed by atoms with Crippen LogP contribution in [0.2, 0.25) is 0 Å². The molecule has 2 aromatic rings. The molecule has 3 rings (SSSR count). The topological polar surface area (TPSA) is 42.4 Å². The Balaban J connectivity index is 1.96. The summed E-state index contributed by atoms with van der Waals surface area (Å²) in [5, 5.41) is 0.974. The second-order valence-electron chi connectivity index (χ2n) is 5.45. The lowest BCUT2D eigenvalue weighted by Gasteiger charge is -2.39. The molecule has 0 amide bonds. The van der Waals surface area contributed by atoms with Gasteiger partial charge in [0.05, 0.1) is 23.4 Å². The minimum Gasteiger partial charge on any atom is -0.462 e. The van der Waals surface area contributed by atoms with Crippen LogP contribution >= 0.6 is 22.6 Å². The molecule has 0 aliphatic carbocycles. The molecule has 21 heavy (non-hydrogen) atoms. The molecule has 0 saturated carbocycles. The average Bonchev–Trinajstić information content (AvgIpc) is 2.43. The quantitative estimate of drug-likeness (QED) is 0.589. The Bertz CT molecular complexity index is 696. The van der Waals surface area contributed by atoms with Gasteiger partial charge in [0.2, 0.25) is 0 Å². The van der Waals surface area contributed by atoms with Crippen molar-refractivity contribution in [2.75, 3.05) is 24.6 Å². The molecule has 0 atom stereocenters. The maximum Gasteiger partial charge on any atom is 0.339 e. The Labute approximate surface area is 137 Å². The summed E-state index contributed by atoms with van der Waals surface area (Å²) in [7, 11) is 0. The third-order valence-corrected chi connectivity index (χ3v) is 4.53. The summed E-state index contributed by atoms with van der Waals surface area (Å²) in [6, 6.07) is 6.05. The molecule has 2 heterocycles. The fraction of sp³-hybridized carbons (Fsp3) is 0.375. The van der Waals surface area contributed by atoms with E-state index < -0.39 is 0 Å². The van der Waals surface area contributed by atoms with Crippen LogP contribution in [0, 0.1) is 9.49 Å². The van der Waals surface area contributed by atoms with Gasteiger partial charge in [-0.1, -0.05) is 6.92 Å². The minimum atomic E-state index is -0.317. The van der Waals surface area contributed by atoms with Gasteiger partial charge < -0.3 is 9.64 Å². The number of carbonyl (C=O) groups excluding carboxylic acids is 1. The van der Waals surface area contributed by atoms with E-state index in [-0.39, 0.29) is 5.97 Å². The van der Waals surface area contributed by atoms with Gasteiger partial charge in [-0.2, -0.15) is 0 Å². The number of benzene rings is 1. The van der Waals surface area contributed by atoms with E-state index in [0.29, 0.717) is 12.2 Å². The fourth-order valence-corrected chi connectivity index (χ4v) is 3.43. The summed E-state index contributed by atoms with van der Waals surface area (Å²) in [4.78, 5) is 18.6. The Morgan fingerprint density at radius 1 is 1.43 bits per heavy atom. The van der Waals surface area contributed by atoms with Crippen molar-refractivity contribution in [2.24, 2.45) is 5.92 Å². The van der Waals surface area contributed by atoms with Crippen molar-refractivity contribution in [3.05, 3.63) is 33.5 Å². The summed E-state index contributed by atoms with van der Waals surface area (Å²) in [6.07, 6.45) is 1.59. The maximum atomic E-state index is 11.8. The highest BCUT2D eigenvalue weighted by Gasteiger charge is 2.24. The third kappa shape index (κ3) is 2.84. The van der Waals surface area contributed by atoms with Crippen LogP contribution in [0.15, 0.2) is 24.4 Å². The first kappa shape index (κ1) is 14.6. The predicted octanol–water partition coefficient (Wildman–Crippen LogP) is 3.47. The number of anilines is 1. The van der Waals surface area contributed by atoms with Crippen LogP contribution in [-0.2, 0) is 4.74 Å². The monoisotopic (exact) mass is 396 g/mol. The van der Waals surface area contributed by atoms with Gasteiger partial charge >= 0.3 is 5.97 Å². The molecule has 5 heteroatoms. The van der Waals surface area contributed by atoms with Crippen LogP contribution in [0.4, 0.5) is 5.69 Å². The highest BCUT2D eigenvalue weighted by molar-refractivity contribution is 14.1. The van der Waals surface area contributed by atoms with E-state index in [2.05, 4.69) is 51.5 Å². The molecule has 0 bridgehead atoms. The normalized spacial score (nSPS) is 15.1. The number of esters is 1. The summed E-state index contributed by atoms with van der Waals surface area (Å²) in [5.41, 5.74) is 2.65. The lowest BCUT2D eigenvalue weighted by atomic mass is 10.0. The summed E-state index contributed by atoms with van der Waals surface area (Å²) < 4.78 is 6.21. The largest absolute Gasteiger partial charge is 0.462 e. The number of halogens is 1. The molecule has 1 aromatic carbocycles. The molecule has 4 nitrogen and oxygen atoms in total. The van der Waals surface area contributed by atoms with E-state index in [1.807, 2.05) is 6.07 Å². The van der Waals surface area contributed by atoms with Crippen LogP contribution in [0.25, 0.3) is 10.9 Å². The molecule has 0 N–H and O–H groups in total. The third-order valence-electron chi connectivity index (χ3n) is 3.67. The minimum absolute atomic E-state index is 0.317. The van der Waals surface area contributed by atoms with Gasteiger partial charge in [-0.25, -0.2) is 4.79 Å². The molecule has 1 saturated heterocycles. The number of fused-ring (bicyclic) bond motifs is 1. The van der Waals surface area contributed by atoms with Crippen LogP contribution < -0.4 is 4.90 Å². The highest BCUT2D eigenvalue weighted by Crippen LogP contribution is 2.32. The van der Waals surface area contributed by atoms with Crippen molar-refractivity contribution >= 4 is 45.2 Å². The molecule has 1 fully saturated rings. The molecule has 1 aliphatic heterocycles. The van der Waals surface area contributed by atoms with Crippen molar-refractivity contribution in [1.29, 1.82) is 0 Å². The first-order chi connectivity index (χ1) is 10.1. The summed E-state index contributed by atoms with van der Waals surface area (Å²) >= 11 is 2.35. The van der Waals surface area contributed by atoms with Crippen LogP contribution in [-0.4, -0.2) is 30.6 Å². The molecule has 1 aliphatic rings. The van der Waals surface area contributed by atoms with Crippen LogP contribution in [0.1, 0.15) is 24.2 Å². The SMILES string of the molecule is CCOC(=O)c1cnc2cc(N3CC(C)C3)c(I)cc2c1. The van der Waals surface area contributed by atoms with Crippen LogP contribution in [0.3, 0.4) is 0 Å². The Hall–Kier alpha value is -1.37. The summed E-state index contributed by atoms with van der Waals surface area (Å²) in [6.45, 7) is 6.63. The van der Waals surface area contributed by atoms with Crippen molar-refractivity contribution < 1.29 is 9.53 Å². The molecule has 0 unspecified atom stereocenters. The Morgan fingerprint density at radius 2 is 2.19 bits per heavy atom. The molecule has 110 valence electrons. The number of rotatable bonds is 3. The summed E-state index contributed by atoms with van der Waals surface area (Å²) in [5.74, 6) is 0.443. The maximum absolute atomic E-state index is 11.8. The zero-order chi connectivity index (χ0) is 15.0. The molecule has 0 radical (unpaired) electrons. The van der Waals surface area contributed by atoms with E-state index in [1.54, 1.807) is 13.1 Å². The van der Waals surface area contributed by atoms with E-state index in [0.717, 1.165) is 29.9 Å². The number of nitrogens with zero attached hydrogens (tertiary/aromatic N) is 2. The number of carbonyl (C=O) groups is 1.